The molecule has 5 heteroatoms. The van der Waals surface area contributed by atoms with E-state index in [4.69, 9.17) is 9.69 Å². The maximum Gasteiger partial charge on any atom is 0.242 e. The van der Waals surface area contributed by atoms with Crippen molar-refractivity contribution in [1.29, 1.82) is 5.26 Å². The van der Waals surface area contributed by atoms with Crippen LogP contribution in [0.1, 0.15) is 5.56 Å². The lowest BCUT2D eigenvalue weighted by atomic mass is 10.2. The van der Waals surface area contributed by atoms with Crippen molar-refractivity contribution in [2.75, 3.05) is 0 Å². The van der Waals surface area contributed by atoms with Crippen LogP contribution in [-0.2, 0) is 0 Å². The lowest BCUT2D eigenvalue weighted by Gasteiger charge is -2.20. The van der Waals surface area contributed by atoms with Gasteiger partial charge in [-0.25, -0.2) is 4.39 Å². The predicted molar refractivity (Wildman–Crippen MR) is 62.8 cm³/mol. The molecule has 0 spiro atoms. The molecule has 0 aliphatic heterocycles. The van der Waals surface area contributed by atoms with Crippen molar-refractivity contribution in [3.63, 3.8) is 0 Å². The number of hydrogen-bond acceptors (Lipinski definition) is 2. The Hall–Kier alpha value is -0.863. The molecule has 0 N–H and O–H groups in total. The Labute approximate surface area is 97.9 Å². The second-order valence-electron chi connectivity index (χ2n) is 4.10. The molecule has 0 fully saturated rings. The molecule has 0 aliphatic rings. The molecular formula is C10H11BrFNOSi. The average molecular weight is 288 g/mol. The number of nitrogens with zero attached hydrogens (tertiary/aromatic N) is 1. The van der Waals surface area contributed by atoms with Crippen LogP contribution in [0.2, 0.25) is 19.6 Å². The standard InChI is InChI=1S/C10H11BrFNOSi/c1-15(2,3)14-10-8(11)4-7(6-13)5-9(10)12/h4-5H,1-3H3. The van der Waals surface area contributed by atoms with Gasteiger partial charge in [-0.15, -0.1) is 0 Å². The van der Waals surface area contributed by atoms with E-state index in [1.165, 1.54) is 6.07 Å². The first-order chi connectivity index (χ1) is 6.83. The minimum Gasteiger partial charge on any atom is -0.542 e. The number of halogens is 2. The first kappa shape index (κ1) is 12.2. The van der Waals surface area contributed by atoms with E-state index in [0.717, 1.165) is 0 Å². The first-order valence-electron chi connectivity index (χ1n) is 4.41. The summed E-state index contributed by atoms with van der Waals surface area (Å²) in [5.41, 5.74) is 0.280. The summed E-state index contributed by atoms with van der Waals surface area (Å²) in [5.74, 6) is -0.295. The molecule has 15 heavy (non-hydrogen) atoms. The lowest BCUT2D eigenvalue weighted by Crippen LogP contribution is -2.30. The van der Waals surface area contributed by atoms with E-state index in [2.05, 4.69) is 15.9 Å². The number of hydrogen-bond donors (Lipinski definition) is 0. The summed E-state index contributed by atoms with van der Waals surface area (Å²) in [4.78, 5) is 0. The van der Waals surface area contributed by atoms with Crippen molar-refractivity contribution in [2.45, 2.75) is 19.6 Å². The third-order valence-electron chi connectivity index (χ3n) is 1.54. The topological polar surface area (TPSA) is 33.0 Å². The van der Waals surface area contributed by atoms with E-state index in [-0.39, 0.29) is 11.3 Å². The van der Waals surface area contributed by atoms with E-state index in [0.29, 0.717) is 4.47 Å². The Balaban J connectivity index is 3.16. The van der Waals surface area contributed by atoms with Crippen molar-refractivity contribution >= 4 is 24.2 Å². The SMILES string of the molecule is C[Si](C)(C)Oc1c(F)cc(C#N)cc1Br. The lowest BCUT2D eigenvalue weighted by molar-refractivity contribution is 0.492. The molecule has 0 unspecified atom stereocenters. The molecule has 1 aromatic carbocycles. The summed E-state index contributed by atoms with van der Waals surface area (Å²) in [6.45, 7) is 5.91. The number of nitriles is 1. The van der Waals surface area contributed by atoms with Crippen LogP contribution < -0.4 is 4.43 Å². The van der Waals surface area contributed by atoms with Crippen LogP contribution in [0.4, 0.5) is 4.39 Å². The van der Waals surface area contributed by atoms with Crippen LogP contribution in [0.15, 0.2) is 16.6 Å². The molecule has 0 bridgehead atoms. The van der Waals surface area contributed by atoms with Gasteiger partial charge < -0.3 is 4.43 Å². The van der Waals surface area contributed by atoms with Gasteiger partial charge >= 0.3 is 0 Å². The highest BCUT2D eigenvalue weighted by molar-refractivity contribution is 9.10. The second-order valence-corrected chi connectivity index (χ2v) is 9.38. The van der Waals surface area contributed by atoms with Gasteiger partial charge in [-0.1, -0.05) is 0 Å². The summed E-state index contributed by atoms with van der Waals surface area (Å²) in [6.07, 6.45) is 0. The maximum absolute atomic E-state index is 13.5. The largest absolute Gasteiger partial charge is 0.542 e. The Morgan fingerprint density at radius 2 is 2.00 bits per heavy atom. The molecule has 0 aromatic heterocycles. The Kier molecular flexibility index (Phi) is 3.53. The zero-order valence-electron chi connectivity index (χ0n) is 8.77. The van der Waals surface area contributed by atoms with Gasteiger partial charge in [0, 0.05) is 0 Å². The molecule has 0 amide bonds. The minimum atomic E-state index is -1.84. The van der Waals surface area contributed by atoms with Crippen molar-refractivity contribution < 1.29 is 8.82 Å². The van der Waals surface area contributed by atoms with Crippen molar-refractivity contribution in [3.8, 4) is 11.8 Å². The van der Waals surface area contributed by atoms with E-state index in [1.54, 1.807) is 6.07 Å². The molecule has 1 aromatic rings. The van der Waals surface area contributed by atoms with E-state index < -0.39 is 14.1 Å². The summed E-state index contributed by atoms with van der Waals surface area (Å²) in [7, 11) is -1.84. The van der Waals surface area contributed by atoms with Crippen LogP contribution >= 0.6 is 15.9 Å². The van der Waals surface area contributed by atoms with Crippen molar-refractivity contribution in [3.05, 3.63) is 28.0 Å². The Bertz CT molecular complexity index is 399. The van der Waals surface area contributed by atoms with Gasteiger partial charge in [0.05, 0.1) is 16.1 Å². The van der Waals surface area contributed by atoms with Gasteiger partial charge in [0.2, 0.25) is 8.32 Å². The minimum absolute atomic E-state index is 0.202. The van der Waals surface area contributed by atoms with Crippen LogP contribution in [-0.4, -0.2) is 8.32 Å². The highest BCUT2D eigenvalue weighted by Gasteiger charge is 2.21. The van der Waals surface area contributed by atoms with Gasteiger partial charge in [-0.2, -0.15) is 5.26 Å². The van der Waals surface area contributed by atoms with Gasteiger partial charge in [0.15, 0.2) is 11.6 Å². The van der Waals surface area contributed by atoms with E-state index in [1.807, 2.05) is 25.7 Å². The smallest absolute Gasteiger partial charge is 0.242 e. The third kappa shape index (κ3) is 3.32. The molecule has 0 heterocycles. The Morgan fingerprint density at radius 1 is 1.40 bits per heavy atom. The Morgan fingerprint density at radius 3 is 2.40 bits per heavy atom. The van der Waals surface area contributed by atoms with Gasteiger partial charge in [0.25, 0.3) is 0 Å². The van der Waals surface area contributed by atoms with Crippen LogP contribution in [0.3, 0.4) is 0 Å². The number of benzene rings is 1. The zero-order valence-corrected chi connectivity index (χ0v) is 11.4. The zero-order chi connectivity index (χ0) is 11.6. The first-order valence-corrected chi connectivity index (χ1v) is 8.62. The van der Waals surface area contributed by atoms with Gasteiger partial charge in [0.1, 0.15) is 0 Å². The molecule has 1 rings (SSSR count). The van der Waals surface area contributed by atoms with Crippen molar-refractivity contribution in [1.82, 2.24) is 0 Å². The quantitative estimate of drug-likeness (QED) is 0.778. The third-order valence-corrected chi connectivity index (χ3v) is 2.94. The fraction of sp³-hybridized carbons (Fsp3) is 0.300. The molecule has 0 saturated carbocycles. The van der Waals surface area contributed by atoms with E-state index in [9.17, 15) is 4.39 Å². The van der Waals surface area contributed by atoms with Crippen LogP contribution in [0.25, 0.3) is 0 Å². The highest BCUT2D eigenvalue weighted by Crippen LogP contribution is 2.31. The highest BCUT2D eigenvalue weighted by atomic mass is 79.9. The van der Waals surface area contributed by atoms with Gasteiger partial charge in [-0.05, 0) is 47.7 Å². The maximum atomic E-state index is 13.5. The summed E-state index contributed by atoms with van der Waals surface area (Å²) < 4.78 is 19.6. The number of rotatable bonds is 2. The normalized spacial score (nSPS) is 10.9. The summed E-state index contributed by atoms with van der Waals surface area (Å²) in [5, 5.41) is 8.64. The molecule has 0 aliphatic carbocycles. The van der Waals surface area contributed by atoms with Crippen LogP contribution in [0, 0.1) is 17.1 Å². The molecule has 0 radical (unpaired) electrons. The second kappa shape index (κ2) is 4.33. The summed E-state index contributed by atoms with van der Waals surface area (Å²) in [6, 6.07) is 4.62. The average Bonchev–Trinajstić information content (AvgIpc) is 2.09. The van der Waals surface area contributed by atoms with Crippen LogP contribution in [0.5, 0.6) is 5.75 Å². The molecule has 80 valence electrons. The monoisotopic (exact) mass is 287 g/mol. The fourth-order valence-electron chi connectivity index (χ4n) is 1.03. The molecular weight excluding hydrogens is 277 g/mol. The summed E-state index contributed by atoms with van der Waals surface area (Å²) >= 11 is 3.20. The van der Waals surface area contributed by atoms with Gasteiger partial charge in [-0.3, -0.25) is 0 Å². The molecule has 2 nitrogen and oxygen atoms in total. The van der Waals surface area contributed by atoms with E-state index >= 15 is 0 Å². The fourth-order valence-corrected chi connectivity index (χ4v) is 2.51. The predicted octanol–water partition coefficient (Wildman–Crippen LogP) is 3.67. The molecule has 0 atom stereocenters. The van der Waals surface area contributed by atoms with Crippen molar-refractivity contribution in [2.24, 2.45) is 0 Å². The molecule has 0 saturated heterocycles.